The minimum absolute atomic E-state index is 0.296. The molecular weight excluding hydrogens is 222 g/mol. The van der Waals surface area contributed by atoms with Crippen molar-refractivity contribution in [3.63, 3.8) is 0 Å². The van der Waals surface area contributed by atoms with Crippen molar-refractivity contribution in [2.45, 2.75) is 12.8 Å². The first-order valence-corrected chi connectivity index (χ1v) is 5.50. The van der Waals surface area contributed by atoms with Crippen LogP contribution in [0.15, 0.2) is 18.3 Å². The van der Waals surface area contributed by atoms with Gasteiger partial charge in [-0.2, -0.15) is 0 Å². The fourth-order valence-electron chi connectivity index (χ4n) is 1.54. The number of hydrogen-bond acceptors (Lipinski definition) is 5. The molecule has 1 N–H and O–H groups in total. The minimum Gasteiger partial charge on any atom is -0.369 e. The number of aromatic nitrogens is 1. The van der Waals surface area contributed by atoms with E-state index in [2.05, 4.69) is 10.3 Å². The Balaban J connectivity index is 2.08. The molecular formula is C11H13N3O3. The molecule has 6 nitrogen and oxygen atoms in total. The average molecular weight is 235 g/mol. The highest BCUT2D eigenvalue weighted by Gasteiger charge is 2.22. The monoisotopic (exact) mass is 235 g/mol. The summed E-state index contributed by atoms with van der Waals surface area (Å²) < 4.78 is 0. The van der Waals surface area contributed by atoms with E-state index in [1.54, 1.807) is 18.3 Å². The Morgan fingerprint density at radius 1 is 1.59 bits per heavy atom. The van der Waals surface area contributed by atoms with Crippen LogP contribution in [0.25, 0.3) is 0 Å². The van der Waals surface area contributed by atoms with Crippen LogP contribution in [0, 0.1) is 16.0 Å². The first kappa shape index (κ1) is 11.5. The van der Waals surface area contributed by atoms with Crippen LogP contribution < -0.4 is 5.32 Å². The van der Waals surface area contributed by atoms with Crippen molar-refractivity contribution in [1.29, 1.82) is 0 Å². The van der Waals surface area contributed by atoms with Crippen LogP contribution in [0.5, 0.6) is 0 Å². The van der Waals surface area contributed by atoms with E-state index in [1.807, 2.05) is 0 Å². The number of Topliss-reactive ketones (excluding diaryl/α,β-unsaturated/α-hetero) is 1. The molecule has 1 fully saturated rings. The zero-order chi connectivity index (χ0) is 12.3. The number of ketones is 1. The number of rotatable bonds is 6. The number of hydrogen-bond donors (Lipinski definition) is 1. The van der Waals surface area contributed by atoms with Crippen molar-refractivity contribution >= 4 is 11.6 Å². The van der Waals surface area contributed by atoms with Gasteiger partial charge in [-0.05, 0) is 30.9 Å². The lowest BCUT2D eigenvalue weighted by Crippen LogP contribution is -2.17. The van der Waals surface area contributed by atoms with Crippen molar-refractivity contribution in [3.05, 3.63) is 34.0 Å². The van der Waals surface area contributed by atoms with Gasteiger partial charge in [0.1, 0.15) is 5.82 Å². The lowest BCUT2D eigenvalue weighted by atomic mass is 10.1. The third-order valence-corrected chi connectivity index (χ3v) is 2.64. The normalized spacial score (nSPS) is 14.4. The van der Waals surface area contributed by atoms with Crippen LogP contribution in [0.1, 0.15) is 23.2 Å². The van der Waals surface area contributed by atoms with Gasteiger partial charge in [-0.3, -0.25) is 14.9 Å². The van der Waals surface area contributed by atoms with E-state index in [1.165, 1.54) is 12.8 Å². The molecule has 0 spiro atoms. The molecule has 0 unspecified atom stereocenters. The van der Waals surface area contributed by atoms with E-state index in [9.17, 15) is 14.9 Å². The highest BCUT2D eigenvalue weighted by atomic mass is 16.6. The zero-order valence-corrected chi connectivity index (χ0v) is 9.26. The third kappa shape index (κ3) is 3.24. The number of nitrogens with one attached hydrogen (secondary N) is 1. The molecule has 2 rings (SSSR count). The number of carbonyl (C=O) groups excluding carboxylic acids is 1. The predicted molar refractivity (Wildman–Crippen MR) is 61.6 cm³/mol. The van der Waals surface area contributed by atoms with Crippen molar-refractivity contribution in [2.24, 2.45) is 5.92 Å². The molecule has 0 aromatic carbocycles. The molecule has 1 heterocycles. The molecule has 0 aliphatic heterocycles. The number of anilines is 1. The summed E-state index contributed by atoms with van der Waals surface area (Å²) in [7, 11) is 0. The summed E-state index contributed by atoms with van der Waals surface area (Å²) in [5, 5.41) is 13.4. The summed E-state index contributed by atoms with van der Waals surface area (Å²) >= 11 is 0. The van der Waals surface area contributed by atoms with E-state index >= 15 is 0 Å². The quantitative estimate of drug-likeness (QED) is 0.457. The molecule has 6 heteroatoms. The van der Waals surface area contributed by atoms with Crippen LogP contribution in [-0.4, -0.2) is 28.8 Å². The highest BCUT2D eigenvalue weighted by molar-refractivity contribution is 6.01. The van der Waals surface area contributed by atoms with Gasteiger partial charge in [0.25, 0.3) is 6.54 Å². The second-order valence-electron chi connectivity index (χ2n) is 4.14. The number of nitrogens with zero attached hydrogens (tertiary/aromatic N) is 2. The van der Waals surface area contributed by atoms with Crippen molar-refractivity contribution in [2.75, 3.05) is 18.4 Å². The van der Waals surface area contributed by atoms with Crippen LogP contribution in [0.2, 0.25) is 0 Å². The van der Waals surface area contributed by atoms with Crippen molar-refractivity contribution in [1.82, 2.24) is 4.98 Å². The van der Waals surface area contributed by atoms with Crippen LogP contribution in [0.3, 0.4) is 0 Å². The van der Waals surface area contributed by atoms with Gasteiger partial charge >= 0.3 is 0 Å². The largest absolute Gasteiger partial charge is 0.369 e. The van der Waals surface area contributed by atoms with E-state index in [4.69, 9.17) is 0 Å². The van der Waals surface area contributed by atoms with Gasteiger partial charge in [0, 0.05) is 17.7 Å². The molecule has 0 radical (unpaired) electrons. The summed E-state index contributed by atoms with van der Waals surface area (Å²) in [5.74, 6) is 0.586. The third-order valence-electron chi connectivity index (χ3n) is 2.64. The summed E-state index contributed by atoms with van der Waals surface area (Å²) in [4.78, 5) is 25.4. The Bertz CT molecular complexity index is 443. The minimum atomic E-state index is -0.691. The number of carbonyl (C=O) groups is 1. The molecule has 0 amide bonds. The van der Waals surface area contributed by atoms with Gasteiger partial charge in [-0.1, -0.05) is 0 Å². The van der Waals surface area contributed by atoms with Gasteiger partial charge in [0.15, 0.2) is 0 Å². The molecule has 0 atom stereocenters. The summed E-state index contributed by atoms with van der Waals surface area (Å²) in [6.07, 6.45) is 3.95. The lowest BCUT2D eigenvalue weighted by molar-refractivity contribution is -0.465. The predicted octanol–water partition coefficient (Wildman–Crippen LogP) is 1.36. The molecule has 17 heavy (non-hydrogen) atoms. The maximum Gasteiger partial charge on any atom is 0.265 e. The summed E-state index contributed by atoms with van der Waals surface area (Å²) in [6.45, 7) is 0.0829. The lowest BCUT2D eigenvalue weighted by Gasteiger charge is -2.07. The molecule has 1 aromatic rings. The van der Waals surface area contributed by atoms with Gasteiger partial charge in [0.05, 0.1) is 5.56 Å². The van der Waals surface area contributed by atoms with Crippen molar-refractivity contribution < 1.29 is 9.72 Å². The molecule has 1 aliphatic rings. The zero-order valence-electron chi connectivity index (χ0n) is 9.26. The molecule has 1 aromatic heterocycles. The van der Waals surface area contributed by atoms with Crippen molar-refractivity contribution in [3.8, 4) is 0 Å². The maximum absolute atomic E-state index is 11.6. The fourth-order valence-corrected chi connectivity index (χ4v) is 1.54. The van der Waals surface area contributed by atoms with Crippen LogP contribution in [-0.2, 0) is 0 Å². The van der Waals surface area contributed by atoms with Gasteiger partial charge in [-0.15, -0.1) is 0 Å². The van der Waals surface area contributed by atoms with Gasteiger partial charge in [-0.25, -0.2) is 4.98 Å². The number of nitro groups is 1. The Morgan fingerprint density at radius 2 is 2.35 bits per heavy atom. The van der Waals surface area contributed by atoms with Gasteiger partial charge < -0.3 is 5.32 Å². The first-order chi connectivity index (χ1) is 8.16. The smallest absolute Gasteiger partial charge is 0.265 e. The standard InChI is InChI=1S/C11H13N3O3/c15-10(7-14(16)17)9-2-1-5-12-11(9)13-6-8-3-4-8/h1-2,5,8H,3-4,6-7H2,(H,12,13). The molecule has 1 aliphatic carbocycles. The number of pyridine rings is 1. The first-order valence-electron chi connectivity index (χ1n) is 5.50. The molecule has 0 saturated heterocycles. The van der Waals surface area contributed by atoms with Crippen LogP contribution >= 0.6 is 0 Å². The van der Waals surface area contributed by atoms with Crippen LogP contribution in [0.4, 0.5) is 5.82 Å². The fraction of sp³-hybridized carbons (Fsp3) is 0.455. The Hall–Kier alpha value is -1.98. The van der Waals surface area contributed by atoms with E-state index in [0.29, 0.717) is 17.3 Å². The average Bonchev–Trinajstić information content (AvgIpc) is 3.09. The van der Waals surface area contributed by atoms with Gasteiger partial charge in [0.2, 0.25) is 5.78 Å². The molecule has 90 valence electrons. The highest BCUT2D eigenvalue weighted by Crippen LogP contribution is 2.29. The Kier molecular flexibility index (Phi) is 3.32. The Labute approximate surface area is 98.2 Å². The second-order valence-corrected chi connectivity index (χ2v) is 4.14. The second kappa shape index (κ2) is 4.90. The molecule has 0 bridgehead atoms. The Morgan fingerprint density at radius 3 is 3.00 bits per heavy atom. The van der Waals surface area contributed by atoms with E-state index < -0.39 is 17.3 Å². The summed E-state index contributed by atoms with van der Waals surface area (Å²) in [5.41, 5.74) is 0.296. The van der Waals surface area contributed by atoms with E-state index in [0.717, 1.165) is 6.54 Å². The maximum atomic E-state index is 11.6. The topological polar surface area (TPSA) is 85.1 Å². The summed E-state index contributed by atoms with van der Waals surface area (Å²) in [6, 6.07) is 3.17. The van der Waals surface area contributed by atoms with E-state index in [-0.39, 0.29) is 0 Å². The SMILES string of the molecule is O=C(C[N+](=O)[O-])c1cccnc1NCC1CC1. The molecule has 1 saturated carbocycles.